The first kappa shape index (κ1) is 13.2. The first-order chi connectivity index (χ1) is 10.2. The van der Waals surface area contributed by atoms with Gasteiger partial charge < -0.3 is 9.72 Å². The Morgan fingerprint density at radius 1 is 1.19 bits per heavy atom. The predicted molar refractivity (Wildman–Crippen MR) is 82.3 cm³/mol. The number of carbonyl (C=O) groups is 1. The molecule has 0 aliphatic rings. The molecule has 3 aromatic rings. The molecule has 3 rings (SSSR count). The Morgan fingerprint density at radius 3 is 2.67 bits per heavy atom. The third-order valence-electron chi connectivity index (χ3n) is 3.23. The fourth-order valence-electron chi connectivity index (χ4n) is 2.14. The first-order valence-electron chi connectivity index (χ1n) is 6.57. The molecule has 0 aliphatic heterocycles. The van der Waals surface area contributed by atoms with E-state index in [2.05, 4.69) is 26.1 Å². The fraction of sp³-hybridized carbons (Fsp3) is 0.125. The number of aromatic nitrogens is 2. The Balaban J connectivity index is 1.90. The van der Waals surface area contributed by atoms with Crippen molar-refractivity contribution in [2.75, 3.05) is 12.4 Å². The Labute approximate surface area is 122 Å². The number of benzene rings is 2. The summed E-state index contributed by atoms with van der Waals surface area (Å²) in [5, 5.41) is 2.61. The van der Waals surface area contributed by atoms with Crippen LogP contribution in [0.15, 0.2) is 42.5 Å². The van der Waals surface area contributed by atoms with E-state index < -0.39 is 6.09 Å². The molecule has 0 atom stereocenters. The van der Waals surface area contributed by atoms with Crippen LogP contribution in [0.3, 0.4) is 0 Å². The molecule has 0 saturated carbocycles. The van der Waals surface area contributed by atoms with Crippen molar-refractivity contribution in [1.29, 1.82) is 0 Å². The molecular formula is C16H15N3O2. The number of fused-ring (bicyclic) bond motifs is 1. The maximum absolute atomic E-state index is 11.1. The van der Waals surface area contributed by atoms with Crippen LogP contribution in [0.1, 0.15) is 5.56 Å². The maximum Gasteiger partial charge on any atom is 0.411 e. The van der Waals surface area contributed by atoms with Gasteiger partial charge in [-0.05, 0) is 48.9 Å². The maximum atomic E-state index is 11.1. The summed E-state index contributed by atoms with van der Waals surface area (Å²) in [7, 11) is 1.33. The van der Waals surface area contributed by atoms with Gasteiger partial charge in [-0.1, -0.05) is 6.07 Å². The zero-order valence-electron chi connectivity index (χ0n) is 11.8. The smallest absolute Gasteiger partial charge is 0.411 e. The number of ether oxygens (including phenoxy) is 1. The number of methoxy groups -OCH3 is 1. The lowest BCUT2D eigenvalue weighted by molar-refractivity contribution is 0.187. The van der Waals surface area contributed by atoms with E-state index >= 15 is 0 Å². The predicted octanol–water partition coefficient (Wildman–Crippen LogP) is 3.72. The van der Waals surface area contributed by atoms with Gasteiger partial charge in [0.25, 0.3) is 0 Å². The van der Waals surface area contributed by atoms with E-state index in [9.17, 15) is 4.79 Å². The third kappa shape index (κ3) is 2.72. The lowest BCUT2D eigenvalue weighted by Crippen LogP contribution is -2.10. The van der Waals surface area contributed by atoms with Crippen LogP contribution in [-0.4, -0.2) is 23.2 Å². The van der Waals surface area contributed by atoms with Gasteiger partial charge in [0.1, 0.15) is 5.82 Å². The van der Waals surface area contributed by atoms with Crippen molar-refractivity contribution < 1.29 is 9.53 Å². The van der Waals surface area contributed by atoms with Gasteiger partial charge in [-0.15, -0.1) is 0 Å². The van der Waals surface area contributed by atoms with E-state index in [4.69, 9.17) is 0 Å². The van der Waals surface area contributed by atoms with Gasteiger partial charge in [-0.3, -0.25) is 5.32 Å². The summed E-state index contributed by atoms with van der Waals surface area (Å²) >= 11 is 0. The molecule has 0 spiro atoms. The molecule has 0 aliphatic carbocycles. The van der Waals surface area contributed by atoms with E-state index in [1.54, 1.807) is 0 Å². The van der Waals surface area contributed by atoms with Crippen molar-refractivity contribution in [3.05, 3.63) is 48.0 Å². The van der Waals surface area contributed by atoms with Crippen LogP contribution in [0.4, 0.5) is 10.5 Å². The number of hydrogen-bond donors (Lipinski definition) is 2. The number of aromatic amines is 1. The highest BCUT2D eigenvalue weighted by atomic mass is 16.5. The average Bonchev–Trinajstić information content (AvgIpc) is 2.90. The van der Waals surface area contributed by atoms with Gasteiger partial charge in [-0.2, -0.15) is 0 Å². The number of carbonyl (C=O) groups excluding carboxylic acids is 1. The summed E-state index contributed by atoms with van der Waals surface area (Å²) < 4.78 is 4.55. The Kier molecular flexibility index (Phi) is 3.31. The zero-order valence-corrected chi connectivity index (χ0v) is 11.8. The topological polar surface area (TPSA) is 67.0 Å². The van der Waals surface area contributed by atoms with Crippen molar-refractivity contribution in [3.63, 3.8) is 0 Å². The van der Waals surface area contributed by atoms with Crippen LogP contribution in [0.25, 0.3) is 22.4 Å². The van der Waals surface area contributed by atoms with Crippen LogP contribution in [0, 0.1) is 6.92 Å². The molecule has 5 nitrogen and oxygen atoms in total. The number of anilines is 1. The molecule has 5 heteroatoms. The lowest BCUT2D eigenvalue weighted by atomic mass is 10.2. The lowest BCUT2D eigenvalue weighted by Gasteiger charge is -2.03. The number of nitrogens with one attached hydrogen (secondary N) is 2. The molecule has 2 aromatic carbocycles. The second-order valence-electron chi connectivity index (χ2n) is 4.80. The minimum absolute atomic E-state index is 0.484. The summed E-state index contributed by atoms with van der Waals surface area (Å²) in [5.74, 6) is 0.806. The SMILES string of the molecule is COC(=O)Nc1ccc(-c2nc3ccc(C)cc3[nH]2)cc1. The fourth-order valence-corrected chi connectivity index (χ4v) is 2.14. The highest BCUT2D eigenvalue weighted by molar-refractivity contribution is 5.85. The average molecular weight is 281 g/mol. The number of aryl methyl sites for hydroxylation is 1. The second kappa shape index (κ2) is 5.28. The molecule has 0 radical (unpaired) electrons. The zero-order chi connectivity index (χ0) is 14.8. The van der Waals surface area contributed by atoms with Gasteiger partial charge in [-0.25, -0.2) is 9.78 Å². The highest BCUT2D eigenvalue weighted by Crippen LogP contribution is 2.22. The van der Waals surface area contributed by atoms with Crippen molar-refractivity contribution >= 4 is 22.8 Å². The highest BCUT2D eigenvalue weighted by Gasteiger charge is 2.06. The van der Waals surface area contributed by atoms with Crippen LogP contribution < -0.4 is 5.32 Å². The molecule has 0 unspecified atom stereocenters. The van der Waals surface area contributed by atoms with Gasteiger partial charge in [0.2, 0.25) is 0 Å². The van der Waals surface area contributed by atoms with Crippen LogP contribution >= 0.6 is 0 Å². The van der Waals surface area contributed by atoms with Gasteiger partial charge in [0, 0.05) is 11.3 Å². The quantitative estimate of drug-likeness (QED) is 0.752. The van der Waals surface area contributed by atoms with E-state index in [0.717, 1.165) is 22.4 Å². The molecule has 1 amide bonds. The van der Waals surface area contributed by atoms with E-state index in [-0.39, 0.29) is 0 Å². The Bertz CT molecular complexity index is 791. The van der Waals surface area contributed by atoms with Crippen LogP contribution in [-0.2, 0) is 4.74 Å². The minimum atomic E-state index is -0.484. The van der Waals surface area contributed by atoms with Gasteiger partial charge in [0.05, 0.1) is 18.1 Å². The number of nitrogens with zero attached hydrogens (tertiary/aromatic N) is 1. The van der Waals surface area contributed by atoms with Crippen molar-refractivity contribution in [1.82, 2.24) is 9.97 Å². The van der Waals surface area contributed by atoms with Gasteiger partial charge >= 0.3 is 6.09 Å². The number of H-pyrrole nitrogens is 1. The summed E-state index contributed by atoms with van der Waals surface area (Å²) in [6.45, 7) is 2.05. The van der Waals surface area contributed by atoms with E-state index in [0.29, 0.717) is 5.69 Å². The molecule has 0 fully saturated rings. The van der Waals surface area contributed by atoms with Gasteiger partial charge in [0.15, 0.2) is 0 Å². The summed E-state index contributed by atoms with van der Waals surface area (Å²) in [6.07, 6.45) is -0.484. The number of imidazole rings is 1. The van der Waals surface area contributed by atoms with Crippen molar-refractivity contribution in [3.8, 4) is 11.4 Å². The molecular weight excluding hydrogens is 266 g/mol. The molecule has 0 bridgehead atoms. The summed E-state index contributed by atoms with van der Waals surface area (Å²) in [4.78, 5) is 19.0. The second-order valence-corrected chi connectivity index (χ2v) is 4.80. The molecule has 106 valence electrons. The molecule has 2 N–H and O–H groups in total. The monoisotopic (exact) mass is 281 g/mol. The third-order valence-corrected chi connectivity index (χ3v) is 3.23. The standard InChI is InChI=1S/C16H15N3O2/c1-10-3-8-13-14(9-10)19-15(18-13)11-4-6-12(7-5-11)17-16(20)21-2/h3-9H,1-2H3,(H,17,20)(H,18,19). The minimum Gasteiger partial charge on any atom is -0.453 e. The van der Waals surface area contributed by atoms with Crippen LogP contribution in [0.2, 0.25) is 0 Å². The normalized spacial score (nSPS) is 10.6. The number of rotatable bonds is 2. The molecule has 21 heavy (non-hydrogen) atoms. The summed E-state index contributed by atoms with van der Waals surface area (Å²) in [5.41, 5.74) is 4.78. The molecule has 1 aromatic heterocycles. The Morgan fingerprint density at radius 2 is 1.95 bits per heavy atom. The first-order valence-corrected chi connectivity index (χ1v) is 6.57. The molecule has 1 heterocycles. The number of amides is 1. The van der Waals surface area contributed by atoms with E-state index in [1.807, 2.05) is 43.3 Å². The van der Waals surface area contributed by atoms with Crippen molar-refractivity contribution in [2.24, 2.45) is 0 Å². The van der Waals surface area contributed by atoms with E-state index in [1.165, 1.54) is 12.7 Å². The largest absolute Gasteiger partial charge is 0.453 e. The van der Waals surface area contributed by atoms with Crippen LogP contribution in [0.5, 0.6) is 0 Å². The van der Waals surface area contributed by atoms with Crippen molar-refractivity contribution in [2.45, 2.75) is 6.92 Å². The number of hydrogen-bond acceptors (Lipinski definition) is 3. The Hall–Kier alpha value is -2.82. The summed E-state index contributed by atoms with van der Waals surface area (Å²) in [6, 6.07) is 13.5. The molecule has 0 saturated heterocycles.